The lowest BCUT2D eigenvalue weighted by Gasteiger charge is -1.95. The van der Waals surface area contributed by atoms with E-state index in [9.17, 15) is 0 Å². The second-order valence-electron chi connectivity index (χ2n) is 1.43. The van der Waals surface area contributed by atoms with Crippen LogP contribution in [0.4, 0.5) is 0 Å². The summed E-state index contributed by atoms with van der Waals surface area (Å²) >= 11 is 10.9. The van der Waals surface area contributed by atoms with Crippen molar-refractivity contribution in [3.05, 3.63) is 24.3 Å². The van der Waals surface area contributed by atoms with Gasteiger partial charge < -0.3 is 0 Å². The molecule has 1 rings (SSSR count). The molecule has 4 heteroatoms. The molecule has 0 saturated heterocycles. The lowest BCUT2D eigenvalue weighted by molar-refractivity contribution is 1.08. The van der Waals surface area contributed by atoms with Crippen LogP contribution in [-0.4, -0.2) is 9.97 Å². The lowest BCUT2D eigenvalue weighted by atomic mass is 10.5. The van der Waals surface area contributed by atoms with Gasteiger partial charge in [0.1, 0.15) is 0 Å². The first-order valence-corrected chi connectivity index (χ1v) is 3.22. The van der Waals surface area contributed by atoms with Crippen LogP contribution in [0.1, 0.15) is 10.5 Å². The maximum Gasteiger partial charge on any atom is 0.151 e. The van der Waals surface area contributed by atoms with Gasteiger partial charge in [-0.2, -0.15) is 0 Å². The Bertz CT molecular complexity index is 176. The van der Waals surface area contributed by atoms with Crippen LogP contribution < -0.4 is 0 Å². The van der Waals surface area contributed by atoms with Crippen molar-refractivity contribution in [2.75, 3.05) is 0 Å². The van der Waals surface area contributed by atoms with Gasteiger partial charge in [-0.25, -0.2) is 0 Å². The second kappa shape index (κ2) is 2.99. The second-order valence-corrected chi connectivity index (χ2v) is 2.53. The molecule has 0 atom stereocenters. The fourth-order valence-electron chi connectivity index (χ4n) is 0.423. The number of nitrogens with zero attached hydrogens (tertiary/aromatic N) is 2. The van der Waals surface area contributed by atoms with Crippen molar-refractivity contribution < 1.29 is 0 Å². The van der Waals surface area contributed by atoms with E-state index in [4.69, 9.17) is 23.2 Å². The standard InChI is InChI=1S/C5H4Cl2N2/c6-5(7)4-3-8-1-2-9-4/h1-3,5H. The number of rotatable bonds is 1. The molecule has 1 aromatic heterocycles. The van der Waals surface area contributed by atoms with Crippen LogP contribution >= 0.6 is 23.2 Å². The minimum atomic E-state index is -0.571. The quantitative estimate of drug-likeness (QED) is 0.591. The molecule has 0 fully saturated rings. The summed E-state index contributed by atoms with van der Waals surface area (Å²) in [7, 11) is 0. The van der Waals surface area contributed by atoms with Crippen molar-refractivity contribution in [1.82, 2.24) is 9.97 Å². The zero-order valence-electron chi connectivity index (χ0n) is 4.46. The molecular weight excluding hydrogens is 159 g/mol. The Hall–Kier alpha value is -0.340. The van der Waals surface area contributed by atoms with Crippen LogP contribution in [0.2, 0.25) is 0 Å². The molecule has 2 nitrogen and oxygen atoms in total. The van der Waals surface area contributed by atoms with Gasteiger partial charge >= 0.3 is 0 Å². The largest absolute Gasteiger partial charge is 0.261 e. The first kappa shape index (κ1) is 6.78. The third kappa shape index (κ3) is 1.80. The molecule has 0 N–H and O–H groups in total. The maximum absolute atomic E-state index is 5.47. The first-order valence-electron chi connectivity index (χ1n) is 2.35. The molecule has 0 radical (unpaired) electrons. The van der Waals surface area contributed by atoms with Crippen molar-refractivity contribution in [1.29, 1.82) is 0 Å². The summed E-state index contributed by atoms with van der Waals surface area (Å²) < 4.78 is 0. The predicted octanol–water partition coefficient (Wildman–Crippen LogP) is 1.95. The van der Waals surface area contributed by atoms with Crippen molar-refractivity contribution in [2.45, 2.75) is 4.84 Å². The van der Waals surface area contributed by atoms with Gasteiger partial charge in [0, 0.05) is 12.4 Å². The fraction of sp³-hybridized carbons (Fsp3) is 0.200. The molecule has 0 aliphatic rings. The summed E-state index contributed by atoms with van der Waals surface area (Å²) in [4.78, 5) is 7.06. The van der Waals surface area contributed by atoms with Crippen LogP contribution in [0.3, 0.4) is 0 Å². The van der Waals surface area contributed by atoms with Gasteiger partial charge in [0.2, 0.25) is 0 Å². The van der Waals surface area contributed by atoms with E-state index in [1.807, 2.05) is 0 Å². The Balaban J connectivity index is 2.85. The number of halogens is 2. The number of alkyl halides is 2. The summed E-state index contributed by atoms with van der Waals surface area (Å²) in [5, 5.41) is 0. The molecule has 0 unspecified atom stereocenters. The topological polar surface area (TPSA) is 25.8 Å². The number of hydrogen-bond donors (Lipinski definition) is 0. The van der Waals surface area contributed by atoms with Gasteiger partial charge in [-0.15, -0.1) is 0 Å². The monoisotopic (exact) mass is 162 g/mol. The summed E-state index contributed by atoms with van der Waals surface area (Å²) in [6, 6.07) is 0. The predicted molar refractivity (Wildman–Crippen MR) is 36.5 cm³/mol. The molecule has 1 aromatic rings. The zero-order valence-corrected chi connectivity index (χ0v) is 5.97. The summed E-state index contributed by atoms with van der Waals surface area (Å²) in [6.07, 6.45) is 4.65. The van der Waals surface area contributed by atoms with Crippen LogP contribution in [0.5, 0.6) is 0 Å². The van der Waals surface area contributed by atoms with Crippen molar-refractivity contribution in [2.24, 2.45) is 0 Å². The van der Waals surface area contributed by atoms with Gasteiger partial charge in [-0.05, 0) is 0 Å². The molecule has 0 aliphatic heterocycles. The Morgan fingerprint density at radius 1 is 1.33 bits per heavy atom. The molecule has 0 aliphatic carbocycles. The van der Waals surface area contributed by atoms with Gasteiger partial charge in [-0.3, -0.25) is 9.97 Å². The Morgan fingerprint density at radius 3 is 2.44 bits per heavy atom. The van der Waals surface area contributed by atoms with E-state index < -0.39 is 4.84 Å². The van der Waals surface area contributed by atoms with Crippen LogP contribution in [0.25, 0.3) is 0 Å². The normalized spacial score (nSPS) is 10.1. The summed E-state index contributed by atoms with van der Waals surface area (Å²) in [5.41, 5.74) is 0.584. The minimum absolute atomic E-state index is 0.571. The molecule has 0 spiro atoms. The van der Waals surface area contributed by atoms with Crippen LogP contribution in [0.15, 0.2) is 18.6 Å². The van der Waals surface area contributed by atoms with Crippen molar-refractivity contribution in [3.63, 3.8) is 0 Å². The smallest absolute Gasteiger partial charge is 0.151 e. The Kier molecular flexibility index (Phi) is 2.25. The van der Waals surface area contributed by atoms with Crippen molar-refractivity contribution in [3.8, 4) is 0 Å². The highest BCUT2D eigenvalue weighted by Crippen LogP contribution is 2.20. The molecular formula is C5H4Cl2N2. The highest BCUT2D eigenvalue weighted by Gasteiger charge is 2.01. The maximum atomic E-state index is 5.47. The molecule has 0 amide bonds. The van der Waals surface area contributed by atoms with E-state index in [0.29, 0.717) is 5.69 Å². The number of aromatic nitrogens is 2. The van der Waals surface area contributed by atoms with Gasteiger partial charge in [0.05, 0.1) is 11.9 Å². The van der Waals surface area contributed by atoms with Gasteiger partial charge in [0.15, 0.2) is 4.84 Å². The SMILES string of the molecule is ClC(Cl)c1cnccn1. The molecule has 48 valence electrons. The lowest BCUT2D eigenvalue weighted by Crippen LogP contribution is -1.86. The van der Waals surface area contributed by atoms with E-state index in [1.54, 1.807) is 12.4 Å². The molecule has 0 saturated carbocycles. The van der Waals surface area contributed by atoms with E-state index in [-0.39, 0.29) is 0 Å². The third-order valence-electron chi connectivity index (χ3n) is 0.807. The summed E-state index contributed by atoms with van der Waals surface area (Å²) in [5.74, 6) is 0. The average Bonchev–Trinajstić information content (AvgIpc) is 1.90. The fourth-order valence-corrected chi connectivity index (χ4v) is 0.649. The highest BCUT2D eigenvalue weighted by atomic mass is 35.5. The van der Waals surface area contributed by atoms with Crippen LogP contribution in [-0.2, 0) is 0 Å². The van der Waals surface area contributed by atoms with E-state index >= 15 is 0 Å². The van der Waals surface area contributed by atoms with Crippen molar-refractivity contribution >= 4 is 23.2 Å². The molecule has 0 bridgehead atoms. The zero-order chi connectivity index (χ0) is 6.69. The Morgan fingerprint density at radius 2 is 2.11 bits per heavy atom. The first-order chi connectivity index (χ1) is 4.30. The van der Waals surface area contributed by atoms with E-state index in [1.165, 1.54) is 6.20 Å². The van der Waals surface area contributed by atoms with E-state index in [0.717, 1.165) is 0 Å². The summed E-state index contributed by atoms with van der Waals surface area (Å²) in [6.45, 7) is 0. The van der Waals surface area contributed by atoms with E-state index in [2.05, 4.69) is 9.97 Å². The molecule has 0 aromatic carbocycles. The molecule has 1 heterocycles. The third-order valence-corrected chi connectivity index (χ3v) is 1.25. The molecule has 9 heavy (non-hydrogen) atoms. The number of hydrogen-bond acceptors (Lipinski definition) is 2. The van der Waals surface area contributed by atoms with Gasteiger partial charge in [-0.1, -0.05) is 23.2 Å². The Labute approximate surface area is 62.8 Å². The minimum Gasteiger partial charge on any atom is -0.261 e. The highest BCUT2D eigenvalue weighted by molar-refractivity contribution is 6.43. The van der Waals surface area contributed by atoms with Gasteiger partial charge in [0.25, 0.3) is 0 Å². The average molecular weight is 163 g/mol. The van der Waals surface area contributed by atoms with Crippen LogP contribution in [0, 0.1) is 0 Å².